The first-order valence-electron chi connectivity index (χ1n) is 7.94. The Morgan fingerprint density at radius 1 is 1.31 bits per heavy atom. The number of carbonyl (C=O) groups excluding carboxylic acids is 1. The number of carbonyl (C=O) groups is 1. The first-order chi connectivity index (χ1) is 12.3. The van der Waals surface area contributed by atoms with E-state index >= 15 is 0 Å². The van der Waals surface area contributed by atoms with E-state index < -0.39 is 0 Å². The van der Waals surface area contributed by atoms with Gasteiger partial charge >= 0.3 is 0 Å². The molecule has 1 N–H and O–H groups in total. The maximum absolute atomic E-state index is 13.0. The highest BCUT2D eigenvalue weighted by molar-refractivity contribution is 7.71. The molecule has 0 atom stereocenters. The van der Waals surface area contributed by atoms with Gasteiger partial charge < -0.3 is 14.6 Å². The van der Waals surface area contributed by atoms with Crippen molar-refractivity contribution in [3.63, 3.8) is 0 Å². The third-order valence-corrected chi connectivity index (χ3v) is 5.69. The van der Waals surface area contributed by atoms with E-state index in [1.165, 1.54) is 20.8 Å². The standard InChI is InChI=1S/C18H19N3O3S2/c1-10-13-15(26-14(10)17(23)20(2)3)19-18(25)21(16(13)22)9-11-5-7-12(24-4)8-6-11/h5-8H,9H2,1-4H3,(H,19,25). The van der Waals surface area contributed by atoms with Gasteiger partial charge in [0, 0.05) is 14.1 Å². The fraction of sp³-hybridized carbons (Fsp3) is 0.278. The van der Waals surface area contributed by atoms with Crippen LogP contribution in [0.4, 0.5) is 0 Å². The zero-order valence-electron chi connectivity index (χ0n) is 15.0. The molecule has 2 aromatic heterocycles. The van der Waals surface area contributed by atoms with E-state index in [9.17, 15) is 9.59 Å². The smallest absolute Gasteiger partial charge is 0.263 e. The lowest BCUT2D eigenvalue weighted by molar-refractivity contribution is 0.0831. The molecule has 0 fully saturated rings. The number of rotatable bonds is 4. The van der Waals surface area contributed by atoms with Crippen LogP contribution in [0.1, 0.15) is 20.8 Å². The predicted octanol–water partition coefficient (Wildman–Crippen LogP) is 3.19. The van der Waals surface area contributed by atoms with Gasteiger partial charge in [0.05, 0.1) is 23.9 Å². The van der Waals surface area contributed by atoms with Crippen molar-refractivity contribution in [2.45, 2.75) is 13.5 Å². The number of methoxy groups -OCH3 is 1. The third-order valence-electron chi connectivity index (χ3n) is 4.17. The fourth-order valence-electron chi connectivity index (χ4n) is 2.72. The minimum Gasteiger partial charge on any atom is -0.497 e. The molecule has 0 radical (unpaired) electrons. The van der Waals surface area contributed by atoms with Crippen LogP contribution in [-0.2, 0) is 6.54 Å². The molecule has 3 aromatic rings. The Balaban J connectivity index is 2.12. The molecule has 0 bridgehead atoms. The van der Waals surface area contributed by atoms with E-state index in [2.05, 4.69) is 4.98 Å². The molecule has 0 spiro atoms. The van der Waals surface area contributed by atoms with Gasteiger partial charge in [-0.05, 0) is 42.4 Å². The molecule has 0 aliphatic rings. The Kier molecular flexibility index (Phi) is 4.97. The van der Waals surface area contributed by atoms with Gasteiger partial charge in [0.25, 0.3) is 11.5 Å². The van der Waals surface area contributed by atoms with Crippen LogP contribution in [0.3, 0.4) is 0 Å². The molecule has 2 heterocycles. The van der Waals surface area contributed by atoms with Crippen molar-refractivity contribution >= 4 is 39.7 Å². The van der Waals surface area contributed by atoms with Crippen molar-refractivity contribution in [2.24, 2.45) is 0 Å². The van der Waals surface area contributed by atoms with E-state index in [1.54, 1.807) is 28.1 Å². The molecule has 136 valence electrons. The van der Waals surface area contributed by atoms with Gasteiger partial charge in [-0.15, -0.1) is 11.3 Å². The summed E-state index contributed by atoms with van der Waals surface area (Å²) in [7, 11) is 4.99. The number of thiophene rings is 1. The number of amides is 1. The summed E-state index contributed by atoms with van der Waals surface area (Å²) in [6.45, 7) is 2.14. The molecule has 26 heavy (non-hydrogen) atoms. The SMILES string of the molecule is COc1ccc(Cn2c(=S)[nH]c3sc(C(=O)N(C)C)c(C)c3c2=O)cc1. The molecular weight excluding hydrogens is 370 g/mol. The van der Waals surface area contributed by atoms with Gasteiger partial charge in [-0.2, -0.15) is 0 Å². The summed E-state index contributed by atoms with van der Waals surface area (Å²) < 4.78 is 7.01. The average Bonchev–Trinajstić information content (AvgIpc) is 2.94. The Labute approximate surface area is 159 Å². The van der Waals surface area contributed by atoms with E-state index in [1.807, 2.05) is 24.3 Å². The zero-order chi connectivity index (χ0) is 19.0. The second-order valence-electron chi connectivity index (χ2n) is 6.13. The largest absolute Gasteiger partial charge is 0.497 e. The summed E-state index contributed by atoms with van der Waals surface area (Å²) >= 11 is 6.64. The van der Waals surface area contributed by atoms with E-state index in [0.29, 0.717) is 32.0 Å². The molecule has 8 heteroatoms. The van der Waals surface area contributed by atoms with E-state index in [-0.39, 0.29) is 11.5 Å². The summed E-state index contributed by atoms with van der Waals surface area (Å²) in [5.74, 6) is 0.631. The van der Waals surface area contributed by atoms with Gasteiger partial charge in [-0.3, -0.25) is 14.2 Å². The first-order valence-corrected chi connectivity index (χ1v) is 9.16. The quantitative estimate of drug-likeness (QED) is 0.696. The molecule has 0 aliphatic carbocycles. The van der Waals surface area contributed by atoms with Crippen molar-refractivity contribution in [1.29, 1.82) is 0 Å². The molecule has 3 rings (SSSR count). The Hall–Kier alpha value is -2.45. The number of hydrogen-bond acceptors (Lipinski definition) is 5. The lowest BCUT2D eigenvalue weighted by Gasteiger charge is -2.09. The van der Waals surface area contributed by atoms with Crippen LogP contribution >= 0.6 is 23.6 Å². The highest BCUT2D eigenvalue weighted by Gasteiger charge is 2.20. The molecule has 0 aliphatic heterocycles. The minimum absolute atomic E-state index is 0.121. The summed E-state index contributed by atoms with van der Waals surface area (Å²) in [5.41, 5.74) is 1.43. The van der Waals surface area contributed by atoms with Gasteiger partial charge in [0.1, 0.15) is 10.6 Å². The Morgan fingerprint density at radius 2 is 1.96 bits per heavy atom. The van der Waals surface area contributed by atoms with Gasteiger partial charge in [0.15, 0.2) is 4.77 Å². The lowest BCUT2D eigenvalue weighted by Crippen LogP contribution is -2.23. The van der Waals surface area contributed by atoms with Crippen molar-refractivity contribution in [3.05, 3.63) is 55.4 Å². The number of aryl methyl sites for hydroxylation is 1. The molecular formula is C18H19N3O3S2. The number of benzene rings is 1. The van der Waals surface area contributed by atoms with Gasteiger partial charge in [-0.1, -0.05) is 12.1 Å². The highest BCUT2D eigenvalue weighted by Crippen LogP contribution is 2.28. The third kappa shape index (κ3) is 3.17. The van der Waals surface area contributed by atoms with Crippen LogP contribution in [0.15, 0.2) is 29.1 Å². The summed E-state index contributed by atoms with van der Waals surface area (Å²) in [4.78, 5) is 31.2. The number of aromatic amines is 1. The van der Waals surface area contributed by atoms with E-state index in [4.69, 9.17) is 17.0 Å². The molecule has 0 saturated carbocycles. The number of nitrogens with one attached hydrogen (secondary N) is 1. The molecule has 1 aromatic carbocycles. The van der Waals surface area contributed by atoms with Crippen LogP contribution in [0.2, 0.25) is 0 Å². The number of nitrogens with zero attached hydrogens (tertiary/aromatic N) is 2. The Bertz CT molecular complexity index is 1090. The summed E-state index contributed by atoms with van der Waals surface area (Å²) in [6.07, 6.45) is 0. The number of fused-ring (bicyclic) bond motifs is 1. The number of aromatic nitrogens is 2. The van der Waals surface area contributed by atoms with Gasteiger partial charge in [-0.25, -0.2) is 0 Å². The van der Waals surface area contributed by atoms with Crippen LogP contribution < -0.4 is 10.3 Å². The van der Waals surface area contributed by atoms with E-state index in [0.717, 1.165) is 11.3 Å². The highest BCUT2D eigenvalue weighted by atomic mass is 32.1. The lowest BCUT2D eigenvalue weighted by atomic mass is 10.2. The van der Waals surface area contributed by atoms with Crippen LogP contribution in [0.25, 0.3) is 10.2 Å². The second-order valence-corrected chi connectivity index (χ2v) is 7.54. The minimum atomic E-state index is -0.189. The number of H-pyrrole nitrogens is 1. The van der Waals surface area contributed by atoms with Crippen LogP contribution in [-0.4, -0.2) is 41.6 Å². The normalized spacial score (nSPS) is 10.9. The Morgan fingerprint density at radius 3 is 2.54 bits per heavy atom. The van der Waals surface area contributed by atoms with Crippen molar-refractivity contribution in [3.8, 4) is 5.75 Å². The number of ether oxygens (including phenoxy) is 1. The monoisotopic (exact) mass is 389 g/mol. The van der Waals surface area contributed by atoms with Crippen molar-refractivity contribution < 1.29 is 9.53 Å². The van der Waals surface area contributed by atoms with Gasteiger partial charge in [0.2, 0.25) is 0 Å². The zero-order valence-corrected chi connectivity index (χ0v) is 16.6. The van der Waals surface area contributed by atoms with Crippen molar-refractivity contribution in [1.82, 2.24) is 14.5 Å². The second kappa shape index (κ2) is 7.05. The average molecular weight is 390 g/mol. The van der Waals surface area contributed by atoms with Crippen molar-refractivity contribution in [2.75, 3.05) is 21.2 Å². The predicted molar refractivity (Wildman–Crippen MR) is 106 cm³/mol. The molecule has 0 saturated heterocycles. The summed E-state index contributed by atoms with van der Waals surface area (Å²) in [5, 5.41) is 0.516. The fourth-order valence-corrected chi connectivity index (χ4v) is 4.25. The molecule has 1 amide bonds. The number of hydrogen-bond donors (Lipinski definition) is 1. The maximum Gasteiger partial charge on any atom is 0.263 e. The first kappa shape index (κ1) is 18.3. The maximum atomic E-state index is 13.0. The topological polar surface area (TPSA) is 67.3 Å². The van der Waals surface area contributed by atoms with Crippen LogP contribution in [0, 0.1) is 11.7 Å². The summed E-state index contributed by atoms with van der Waals surface area (Å²) in [6, 6.07) is 7.47. The molecule has 0 unspecified atom stereocenters. The molecule has 6 nitrogen and oxygen atoms in total. The van der Waals surface area contributed by atoms with Crippen LogP contribution in [0.5, 0.6) is 5.75 Å².